The molecule has 2 rings (SSSR count). The molecule has 2 aromatic rings. The number of pyridine rings is 1. The van der Waals surface area contributed by atoms with Crippen molar-refractivity contribution in [3.8, 4) is 0 Å². The average molecular weight is 340 g/mol. The highest BCUT2D eigenvalue weighted by molar-refractivity contribution is 5.99. The monoisotopic (exact) mass is 340 g/mol. The van der Waals surface area contributed by atoms with Crippen molar-refractivity contribution < 1.29 is 9.59 Å². The molecule has 2 amide bonds. The lowest BCUT2D eigenvalue weighted by molar-refractivity contribution is -0.116. The Bertz CT molecular complexity index is 746. The normalized spacial score (nSPS) is 11.6. The van der Waals surface area contributed by atoms with Gasteiger partial charge in [-0.3, -0.25) is 14.6 Å². The number of rotatable bonds is 7. The Morgan fingerprint density at radius 1 is 1.08 bits per heavy atom. The molecule has 0 spiro atoms. The summed E-state index contributed by atoms with van der Waals surface area (Å²) >= 11 is 0. The number of carbonyl (C=O) groups excluding carboxylic acids is 2. The van der Waals surface area contributed by atoms with Gasteiger partial charge < -0.3 is 16.0 Å². The predicted molar refractivity (Wildman–Crippen MR) is 99.5 cm³/mol. The molecule has 0 saturated heterocycles. The lowest BCUT2D eigenvalue weighted by Crippen LogP contribution is -2.36. The van der Waals surface area contributed by atoms with Crippen LogP contribution in [0.3, 0.4) is 0 Å². The Balaban J connectivity index is 1.87. The average Bonchev–Trinajstić information content (AvgIpc) is 2.56. The van der Waals surface area contributed by atoms with Crippen molar-refractivity contribution in [3.63, 3.8) is 0 Å². The second-order valence-electron chi connectivity index (χ2n) is 6.03. The van der Waals surface area contributed by atoms with Crippen molar-refractivity contribution in [3.05, 3.63) is 53.9 Å². The van der Waals surface area contributed by atoms with Gasteiger partial charge in [0.2, 0.25) is 11.8 Å². The van der Waals surface area contributed by atoms with Gasteiger partial charge >= 0.3 is 0 Å². The molecule has 3 N–H and O–H groups in total. The quantitative estimate of drug-likeness (QED) is 0.723. The van der Waals surface area contributed by atoms with Gasteiger partial charge in [0, 0.05) is 31.3 Å². The summed E-state index contributed by atoms with van der Waals surface area (Å²) in [6.45, 7) is 5.66. The van der Waals surface area contributed by atoms with Gasteiger partial charge in [-0.2, -0.15) is 0 Å². The number of amides is 2. The maximum absolute atomic E-state index is 12.2. The number of aryl methyl sites for hydroxylation is 1. The number of aromatic nitrogens is 1. The second kappa shape index (κ2) is 8.94. The predicted octanol–water partition coefficient (Wildman–Crippen LogP) is 2.51. The van der Waals surface area contributed by atoms with Crippen LogP contribution >= 0.6 is 0 Å². The van der Waals surface area contributed by atoms with E-state index in [-0.39, 0.29) is 24.4 Å². The molecule has 0 aliphatic carbocycles. The highest BCUT2D eigenvalue weighted by Crippen LogP contribution is 2.20. The summed E-state index contributed by atoms with van der Waals surface area (Å²) in [5, 5.41) is 8.71. The fraction of sp³-hybridized carbons (Fsp3) is 0.316. The summed E-state index contributed by atoms with van der Waals surface area (Å²) in [5.41, 5.74) is 3.34. The fourth-order valence-electron chi connectivity index (χ4n) is 2.45. The molecule has 25 heavy (non-hydrogen) atoms. The van der Waals surface area contributed by atoms with Gasteiger partial charge in [0.25, 0.3) is 0 Å². The summed E-state index contributed by atoms with van der Waals surface area (Å²) < 4.78 is 0. The minimum Gasteiger partial charge on any atom is -0.325 e. The van der Waals surface area contributed by atoms with Crippen LogP contribution in [0.4, 0.5) is 11.4 Å². The Hall–Kier alpha value is -2.73. The molecule has 1 heterocycles. The first-order chi connectivity index (χ1) is 12.0. The number of benzene rings is 1. The van der Waals surface area contributed by atoms with Crippen LogP contribution in [0, 0.1) is 6.92 Å². The van der Waals surface area contributed by atoms with E-state index in [1.165, 1.54) is 6.92 Å². The van der Waals surface area contributed by atoms with E-state index in [2.05, 4.69) is 20.9 Å². The van der Waals surface area contributed by atoms with Crippen LogP contribution in [0.5, 0.6) is 0 Å². The van der Waals surface area contributed by atoms with Crippen LogP contribution in [-0.4, -0.2) is 29.4 Å². The number of nitrogens with zero attached hydrogens (tertiary/aromatic N) is 1. The first-order valence-corrected chi connectivity index (χ1v) is 8.26. The van der Waals surface area contributed by atoms with Gasteiger partial charge in [0.15, 0.2) is 0 Å². The Morgan fingerprint density at radius 2 is 1.76 bits per heavy atom. The van der Waals surface area contributed by atoms with E-state index >= 15 is 0 Å². The van der Waals surface area contributed by atoms with Crippen LogP contribution in [-0.2, 0) is 16.0 Å². The van der Waals surface area contributed by atoms with Crippen LogP contribution < -0.4 is 16.0 Å². The van der Waals surface area contributed by atoms with E-state index in [0.717, 1.165) is 17.7 Å². The number of hydrogen-bond acceptors (Lipinski definition) is 4. The van der Waals surface area contributed by atoms with Crippen molar-refractivity contribution in [2.75, 3.05) is 17.2 Å². The molecule has 6 nitrogen and oxygen atoms in total. The smallest absolute Gasteiger partial charge is 0.238 e. The number of para-hydroxylation sites is 2. The van der Waals surface area contributed by atoms with E-state index in [1.807, 2.05) is 26.0 Å². The van der Waals surface area contributed by atoms with E-state index in [0.29, 0.717) is 11.4 Å². The zero-order chi connectivity index (χ0) is 18.2. The molecule has 0 fully saturated rings. The molecule has 0 unspecified atom stereocenters. The molecule has 0 radical (unpaired) electrons. The summed E-state index contributed by atoms with van der Waals surface area (Å²) in [5.74, 6) is -0.346. The van der Waals surface area contributed by atoms with Crippen LogP contribution in [0.2, 0.25) is 0 Å². The number of nitrogens with one attached hydrogen (secondary N) is 3. The van der Waals surface area contributed by atoms with E-state index in [4.69, 9.17) is 0 Å². The van der Waals surface area contributed by atoms with Gasteiger partial charge in [-0.1, -0.05) is 18.2 Å². The molecule has 1 aromatic heterocycles. The minimum atomic E-state index is -0.181. The molecule has 0 aliphatic rings. The molecule has 132 valence electrons. The molecular weight excluding hydrogens is 316 g/mol. The van der Waals surface area contributed by atoms with Crippen LogP contribution in [0.15, 0.2) is 42.6 Å². The lowest BCUT2D eigenvalue weighted by atomic mass is 10.1. The summed E-state index contributed by atoms with van der Waals surface area (Å²) in [4.78, 5) is 27.8. The highest BCUT2D eigenvalue weighted by Gasteiger charge is 2.10. The largest absolute Gasteiger partial charge is 0.325 e. The molecular formula is C19H24N4O2. The number of anilines is 2. The van der Waals surface area contributed by atoms with E-state index in [9.17, 15) is 9.59 Å². The Labute approximate surface area is 148 Å². The first kappa shape index (κ1) is 18.6. The van der Waals surface area contributed by atoms with Crippen LogP contribution in [0.1, 0.15) is 25.1 Å². The zero-order valence-electron chi connectivity index (χ0n) is 14.8. The van der Waals surface area contributed by atoms with E-state index in [1.54, 1.807) is 30.5 Å². The standard InChI is InChI=1S/C19H24N4O2/c1-13-7-6-10-20-18(13)11-14(2)21-12-19(25)23-17-9-5-4-8-16(17)22-15(3)24/h4-10,14,21H,11-12H2,1-3H3,(H,22,24)(H,23,25)/t14-/m1/s1. The SMILES string of the molecule is CC(=O)Nc1ccccc1NC(=O)CN[C@H](C)Cc1ncccc1C. The summed E-state index contributed by atoms with van der Waals surface area (Å²) in [7, 11) is 0. The summed E-state index contributed by atoms with van der Waals surface area (Å²) in [6, 6.07) is 11.2. The molecule has 1 atom stereocenters. The maximum atomic E-state index is 12.2. The van der Waals surface area contributed by atoms with Crippen molar-refractivity contribution >= 4 is 23.2 Å². The topological polar surface area (TPSA) is 83.1 Å². The number of hydrogen-bond donors (Lipinski definition) is 3. The van der Waals surface area contributed by atoms with Gasteiger partial charge in [-0.05, 0) is 37.6 Å². The van der Waals surface area contributed by atoms with Crippen LogP contribution in [0.25, 0.3) is 0 Å². The molecule has 0 aliphatic heterocycles. The van der Waals surface area contributed by atoms with E-state index < -0.39 is 0 Å². The fourth-order valence-corrected chi connectivity index (χ4v) is 2.45. The maximum Gasteiger partial charge on any atom is 0.238 e. The molecule has 0 bridgehead atoms. The van der Waals surface area contributed by atoms with Gasteiger partial charge in [-0.15, -0.1) is 0 Å². The van der Waals surface area contributed by atoms with Crippen molar-refractivity contribution in [1.82, 2.24) is 10.3 Å². The van der Waals surface area contributed by atoms with Crippen molar-refractivity contribution in [2.45, 2.75) is 33.2 Å². The second-order valence-corrected chi connectivity index (χ2v) is 6.03. The third-order valence-corrected chi connectivity index (χ3v) is 3.74. The van der Waals surface area contributed by atoms with Crippen molar-refractivity contribution in [2.24, 2.45) is 0 Å². The summed E-state index contributed by atoms with van der Waals surface area (Å²) in [6.07, 6.45) is 2.53. The zero-order valence-corrected chi connectivity index (χ0v) is 14.8. The third kappa shape index (κ3) is 6.00. The lowest BCUT2D eigenvalue weighted by Gasteiger charge is -2.15. The Kier molecular flexibility index (Phi) is 6.65. The van der Waals surface area contributed by atoms with Crippen molar-refractivity contribution in [1.29, 1.82) is 0 Å². The highest BCUT2D eigenvalue weighted by atomic mass is 16.2. The van der Waals surface area contributed by atoms with Gasteiger partial charge in [-0.25, -0.2) is 0 Å². The van der Waals surface area contributed by atoms with Gasteiger partial charge in [0.05, 0.1) is 17.9 Å². The Morgan fingerprint density at radius 3 is 2.40 bits per heavy atom. The minimum absolute atomic E-state index is 0.116. The first-order valence-electron chi connectivity index (χ1n) is 8.26. The molecule has 6 heteroatoms. The van der Waals surface area contributed by atoms with Gasteiger partial charge in [0.1, 0.15) is 0 Å². The third-order valence-electron chi connectivity index (χ3n) is 3.74. The number of carbonyl (C=O) groups is 2. The molecule has 0 saturated carbocycles. The molecule has 1 aromatic carbocycles.